The van der Waals surface area contributed by atoms with Crippen LogP contribution in [0.4, 0.5) is 26.2 Å². The van der Waals surface area contributed by atoms with Crippen molar-refractivity contribution < 1.29 is 8.78 Å². The molecule has 1 aliphatic heterocycles. The van der Waals surface area contributed by atoms with Gasteiger partial charge in [-0.05, 0) is 35.9 Å². The zero-order valence-electron chi connectivity index (χ0n) is 15.4. The van der Waals surface area contributed by atoms with E-state index in [9.17, 15) is 8.78 Å². The highest BCUT2D eigenvalue weighted by molar-refractivity contribution is 5.51. The summed E-state index contributed by atoms with van der Waals surface area (Å²) in [6.07, 6.45) is 1.72. The summed E-state index contributed by atoms with van der Waals surface area (Å²) in [6.45, 7) is 3.48. The summed E-state index contributed by atoms with van der Waals surface area (Å²) >= 11 is 0. The molecule has 1 N–H and O–H groups in total. The molecule has 0 spiro atoms. The molecule has 7 heteroatoms. The van der Waals surface area contributed by atoms with Crippen molar-refractivity contribution in [3.63, 3.8) is 0 Å². The number of rotatable bonds is 5. The van der Waals surface area contributed by atoms with Gasteiger partial charge < -0.3 is 15.1 Å². The summed E-state index contributed by atoms with van der Waals surface area (Å²) in [6, 6.07) is 15.1. The first kappa shape index (κ1) is 18.2. The van der Waals surface area contributed by atoms with Crippen molar-refractivity contribution in [2.24, 2.45) is 0 Å². The highest BCUT2D eigenvalue weighted by Crippen LogP contribution is 2.22. The fourth-order valence-corrected chi connectivity index (χ4v) is 3.28. The Kier molecular flexibility index (Phi) is 5.32. The molecule has 28 heavy (non-hydrogen) atoms. The maximum atomic E-state index is 14.0. The van der Waals surface area contributed by atoms with Crippen LogP contribution in [0.3, 0.4) is 0 Å². The van der Waals surface area contributed by atoms with E-state index in [1.54, 1.807) is 24.4 Å². The molecule has 3 aromatic rings. The zero-order valence-corrected chi connectivity index (χ0v) is 15.4. The van der Waals surface area contributed by atoms with E-state index in [0.717, 1.165) is 37.6 Å². The highest BCUT2D eigenvalue weighted by Gasteiger charge is 2.20. The summed E-state index contributed by atoms with van der Waals surface area (Å²) in [5.74, 6) is 0.921. The van der Waals surface area contributed by atoms with Gasteiger partial charge >= 0.3 is 0 Å². The quantitative estimate of drug-likeness (QED) is 0.730. The molecule has 2 aromatic carbocycles. The van der Waals surface area contributed by atoms with Gasteiger partial charge in [-0.1, -0.05) is 24.3 Å². The third kappa shape index (κ3) is 4.19. The molecule has 0 radical (unpaired) electrons. The average Bonchev–Trinajstić information content (AvgIpc) is 2.74. The number of anilines is 3. The molecule has 1 aromatic heterocycles. The van der Waals surface area contributed by atoms with E-state index in [-0.39, 0.29) is 11.6 Å². The number of halogens is 2. The number of hydrogen-bond donors (Lipinski definition) is 1. The lowest BCUT2D eigenvalue weighted by atomic mass is 10.2. The van der Waals surface area contributed by atoms with Crippen LogP contribution < -0.4 is 15.1 Å². The molecule has 4 rings (SSSR count). The lowest BCUT2D eigenvalue weighted by molar-refractivity contribution is 0.596. The fourth-order valence-electron chi connectivity index (χ4n) is 3.28. The van der Waals surface area contributed by atoms with Gasteiger partial charge in [-0.15, -0.1) is 0 Å². The van der Waals surface area contributed by atoms with Crippen LogP contribution in [-0.2, 0) is 6.54 Å². The third-order valence-corrected chi connectivity index (χ3v) is 4.80. The van der Waals surface area contributed by atoms with Crippen LogP contribution in [0.5, 0.6) is 0 Å². The van der Waals surface area contributed by atoms with Gasteiger partial charge in [0.25, 0.3) is 0 Å². The largest absolute Gasteiger partial charge is 0.366 e. The first-order valence-electron chi connectivity index (χ1n) is 9.25. The maximum Gasteiger partial charge on any atom is 0.224 e. The number of para-hydroxylation sites is 1. The van der Waals surface area contributed by atoms with Crippen LogP contribution in [0.1, 0.15) is 5.56 Å². The van der Waals surface area contributed by atoms with E-state index in [0.29, 0.717) is 18.2 Å². The van der Waals surface area contributed by atoms with Crippen LogP contribution in [0, 0.1) is 11.6 Å². The van der Waals surface area contributed by atoms with E-state index in [2.05, 4.69) is 25.1 Å². The number of hydrogen-bond acceptors (Lipinski definition) is 5. The minimum absolute atomic E-state index is 0.190. The molecule has 1 saturated heterocycles. The van der Waals surface area contributed by atoms with Gasteiger partial charge in [0.1, 0.15) is 17.5 Å². The second-order valence-electron chi connectivity index (χ2n) is 6.64. The van der Waals surface area contributed by atoms with Gasteiger partial charge in [-0.3, -0.25) is 0 Å². The SMILES string of the molecule is Fc1ccc(CNc2nccc(N3CCN(c4ccccc4F)CC3)n2)cc1. The van der Waals surface area contributed by atoms with Crippen LogP contribution in [0.2, 0.25) is 0 Å². The Hall–Kier alpha value is -3.22. The van der Waals surface area contributed by atoms with Gasteiger partial charge in [0.2, 0.25) is 5.95 Å². The Morgan fingerprint density at radius 2 is 1.57 bits per heavy atom. The predicted octanol–water partition coefficient (Wildman–Crippen LogP) is 3.69. The fraction of sp³-hybridized carbons (Fsp3) is 0.238. The first-order chi connectivity index (χ1) is 13.7. The first-order valence-corrected chi connectivity index (χ1v) is 9.25. The molecule has 2 heterocycles. The van der Waals surface area contributed by atoms with Crippen molar-refractivity contribution in [2.75, 3.05) is 41.3 Å². The summed E-state index contributed by atoms with van der Waals surface area (Å²) in [4.78, 5) is 13.1. The molecule has 144 valence electrons. The van der Waals surface area contributed by atoms with Crippen molar-refractivity contribution in [3.8, 4) is 0 Å². The lowest BCUT2D eigenvalue weighted by Crippen LogP contribution is -2.47. The van der Waals surface area contributed by atoms with Gasteiger partial charge in [0.15, 0.2) is 0 Å². The Balaban J connectivity index is 1.37. The summed E-state index contributed by atoms with van der Waals surface area (Å²) in [5, 5.41) is 3.17. The lowest BCUT2D eigenvalue weighted by Gasteiger charge is -2.36. The molecule has 0 unspecified atom stereocenters. The molecule has 5 nitrogen and oxygen atoms in total. The monoisotopic (exact) mass is 381 g/mol. The predicted molar refractivity (Wildman–Crippen MR) is 107 cm³/mol. The zero-order chi connectivity index (χ0) is 19.3. The number of aromatic nitrogens is 2. The topological polar surface area (TPSA) is 44.3 Å². The Labute approximate surface area is 162 Å². The molecule has 1 fully saturated rings. The normalized spacial score (nSPS) is 14.2. The molecule has 1 aliphatic rings. The standard InChI is InChI=1S/C21H21F2N5/c22-17-7-5-16(6-8-17)15-25-21-24-10-9-20(26-21)28-13-11-27(12-14-28)19-4-2-1-3-18(19)23/h1-10H,11-15H2,(H,24,25,26). The van der Waals surface area contributed by atoms with Crippen molar-refractivity contribution in [3.05, 3.63) is 78.0 Å². The number of nitrogens with one attached hydrogen (secondary N) is 1. The van der Waals surface area contributed by atoms with Crippen molar-refractivity contribution in [2.45, 2.75) is 6.54 Å². The number of benzene rings is 2. The molecule has 0 amide bonds. The number of piperazine rings is 1. The van der Waals surface area contributed by atoms with E-state index in [4.69, 9.17) is 0 Å². The summed E-state index contributed by atoms with van der Waals surface area (Å²) < 4.78 is 27.0. The highest BCUT2D eigenvalue weighted by atomic mass is 19.1. The smallest absolute Gasteiger partial charge is 0.224 e. The molecule has 0 bridgehead atoms. The third-order valence-electron chi connectivity index (χ3n) is 4.80. The summed E-state index contributed by atoms with van der Waals surface area (Å²) in [7, 11) is 0. The minimum atomic E-state index is -0.253. The number of nitrogens with zero attached hydrogens (tertiary/aromatic N) is 4. The van der Waals surface area contributed by atoms with Gasteiger partial charge in [0.05, 0.1) is 5.69 Å². The van der Waals surface area contributed by atoms with Gasteiger partial charge in [-0.2, -0.15) is 4.98 Å². The van der Waals surface area contributed by atoms with E-state index in [1.165, 1.54) is 18.2 Å². The second-order valence-corrected chi connectivity index (χ2v) is 6.64. The van der Waals surface area contributed by atoms with Gasteiger partial charge in [-0.25, -0.2) is 13.8 Å². The second kappa shape index (κ2) is 8.21. The van der Waals surface area contributed by atoms with E-state index >= 15 is 0 Å². The molecule has 0 saturated carbocycles. The summed E-state index contributed by atoms with van der Waals surface area (Å²) in [5.41, 5.74) is 1.60. The van der Waals surface area contributed by atoms with Crippen LogP contribution >= 0.6 is 0 Å². The molecular formula is C21H21F2N5. The minimum Gasteiger partial charge on any atom is -0.366 e. The molecule has 0 aliphatic carbocycles. The molecular weight excluding hydrogens is 360 g/mol. The van der Waals surface area contributed by atoms with Crippen LogP contribution in [-0.4, -0.2) is 36.1 Å². The van der Waals surface area contributed by atoms with Crippen LogP contribution in [0.15, 0.2) is 60.8 Å². The Morgan fingerprint density at radius 1 is 0.857 bits per heavy atom. The molecule has 0 atom stereocenters. The van der Waals surface area contributed by atoms with E-state index < -0.39 is 0 Å². The Bertz CT molecular complexity index is 924. The van der Waals surface area contributed by atoms with Crippen LogP contribution in [0.25, 0.3) is 0 Å². The Morgan fingerprint density at radius 3 is 2.32 bits per heavy atom. The average molecular weight is 381 g/mol. The van der Waals surface area contributed by atoms with Crippen molar-refractivity contribution in [1.29, 1.82) is 0 Å². The van der Waals surface area contributed by atoms with Crippen molar-refractivity contribution >= 4 is 17.5 Å². The maximum absolute atomic E-state index is 14.0. The van der Waals surface area contributed by atoms with E-state index in [1.807, 2.05) is 18.2 Å². The van der Waals surface area contributed by atoms with Crippen molar-refractivity contribution in [1.82, 2.24) is 9.97 Å². The van der Waals surface area contributed by atoms with Gasteiger partial charge in [0, 0.05) is 38.9 Å².